The van der Waals surface area contributed by atoms with Gasteiger partial charge >= 0.3 is 5.97 Å². The van der Waals surface area contributed by atoms with Crippen LogP contribution in [-0.4, -0.2) is 37.6 Å². The average Bonchev–Trinajstić information content (AvgIpc) is 2.92. The first-order valence-corrected chi connectivity index (χ1v) is 11.5. The smallest absolute Gasteiger partial charge is 0.312 e. The average molecular weight is 401 g/mol. The van der Waals surface area contributed by atoms with Crippen LogP contribution >= 0.6 is 0 Å². The summed E-state index contributed by atoms with van der Waals surface area (Å²) in [6.45, 7) is 9.36. The molecule has 0 aromatic rings. The topological polar surface area (TPSA) is 94.6 Å². The highest BCUT2D eigenvalue weighted by molar-refractivity contribution is 7.91. The van der Waals surface area contributed by atoms with Gasteiger partial charge in [-0.15, -0.1) is 0 Å². The van der Waals surface area contributed by atoms with E-state index < -0.39 is 44.1 Å². The van der Waals surface area contributed by atoms with E-state index in [9.17, 15) is 22.8 Å². The lowest BCUT2D eigenvalue weighted by Crippen LogP contribution is -2.37. The van der Waals surface area contributed by atoms with E-state index >= 15 is 0 Å². The lowest BCUT2D eigenvalue weighted by molar-refractivity contribution is -0.152. The van der Waals surface area contributed by atoms with Crippen molar-refractivity contribution in [3.05, 3.63) is 0 Å². The second kappa shape index (κ2) is 7.30. The van der Waals surface area contributed by atoms with Gasteiger partial charge in [-0.3, -0.25) is 14.4 Å². The third kappa shape index (κ3) is 4.13. The molecule has 0 aliphatic heterocycles. The molecule has 2 fully saturated rings. The summed E-state index contributed by atoms with van der Waals surface area (Å²) in [5, 5.41) is 0. The number of ketones is 2. The van der Waals surface area contributed by atoms with Crippen molar-refractivity contribution in [2.24, 2.45) is 22.2 Å². The minimum Gasteiger partial charge on any atom is -0.449 e. The maximum Gasteiger partial charge on any atom is 0.312 e. The summed E-state index contributed by atoms with van der Waals surface area (Å²) >= 11 is 0. The van der Waals surface area contributed by atoms with Gasteiger partial charge < -0.3 is 4.74 Å². The Kier molecular flexibility index (Phi) is 5.96. The lowest BCUT2D eigenvalue weighted by atomic mass is 9.66. The number of Topliss-reactive ketones (excluding diaryl/α,β-unsaturated/α-hetero) is 2. The van der Waals surface area contributed by atoms with E-state index in [-0.39, 0.29) is 17.6 Å². The summed E-state index contributed by atoms with van der Waals surface area (Å²) in [6, 6.07) is 0. The van der Waals surface area contributed by atoms with Crippen molar-refractivity contribution in [2.75, 3.05) is 11.7 Å². The number of hydrogen-bond acceptors (Lipinski definition) is 6. The summed E-state index contributed by atoms with van der Waals surface area (Å²) in [7, 11) is -3.83. The van der Waals surface area contributed by atoms with Gasteiger partial charge in [-0.25, -0.2) is 8.42 Å². The lowest BCUT2D eigenvalue weighted by Gasteiger charge is -2.36. The second-order valence-electron chi connectivity index (χ2n) is 9.38. The van der Waals surface area contributed by atoms with E-state index in [4.69, 9.17) is 4.74 Å². The number of carbonyl (C=O) groups excluding carboxylic acids is 3. The molecule has 2 saturated carbocycles. The molecule has 2 aliphatic rings. The summed E-state index contributed by atoms with van der Waals surface area (Å²) in [6.07, 6.45) is 3.35. The molecule has 27 heavy (non-hydrogen) atoms. The van der Waals surface area contributed by atoms with E-state index in [1.54, 1.807) is 13.8 Å². The largest absolute Gasteiger partial charge is 0.449 e. The van der Waals surface area contributed by atoms with Crippen LogP contribution in [0.3, 0.4) is 0 Å². The van der Waals surface area contributed by atoms with Gasteiger partial charge in [0, 0.05) is 18.3 Å². The van der Waals surface area contributed by atoms with E-state index in [0.29, 0.717) is 25.2 Å². The maximum absolute atomic E-state index is 12.5. The van der Waals surface area contributed by atoms with Crippen molar-refractivity contribution < 1.29 is 27.5 Å². The maximum atomic E-state index is 12.5. The number of esters is 1. The van der Waals surface area contributed by atoms with Crippen molar-refractivity contribution in [2.45, 2.75) is 73.1 Å². The Morgan fingerprint density at radius 1 is 1.26 bits per heavy atom. The third-order valence-corrected chi connectivity index (χ3v) is 8.40. The molecule has 154 valence electrons. The SMILES string of the molecule is CCC(C)(C)C(=O)OCS(=O)(=O)CC(=O)CCC12CCC(CC1=O)C2(C)C. The normalized spacial score (nSPS) is 27.0. The summed E-state index contributed by atoms with van der Waals surface area (Å²) < 4.78 is 29.2. The quantitative estimate of drug-likeness (QED) is 0.552. The fourth-order valence-electron chi connectivity index (χ4n) is 4.55. The molecule has 0 amide bonds. The summed E-state index contributed by atoms with van der Waals surface area (Å²) in [5.41, 5.74) is -1.38. The predicted molar refractivity (Wildman–Crippen MR) is 102 cm³/mol. The zero-order chi connectivity index (χ0) is 20.7. The number of sulfone groups is 1. The van der Waals surface area contributed by atoms with Crippen LogP contribution in [-0.2, 0) is 29.0 Å². The molecule has 0 aromatic carbocycles. The Hall–Kier alpha value is -1.24. The molecule has 0 spiro atoms. The Morgan fingerprint density at radius 2 is 1.89 bits per heavy atom. The summed E-state index contributed by atoms with van der Waals surface area (Å²) in [4.78, 5) is 36.7. The number of carbonyl (C=O) groups is 3. The molecule has 7 heteroatoms. The van der Waals surface area contributed by atoms with E-state index in [2.05, 4.69) is 13.8 Å². The molecule has 6 nitrogen and oxygen atoms in total. The van der Waals surface area contributed by atoms with Crippen LogP contribution in [0.25, 0.3) is 0 Å². The Balaban J connectivity index is 1.90. The van der Waals surface area contributed by atoms with Gasteiger partial charge in [-0.05, 0) is 50.9 Å². The fourth-order valence-corrected chi connectivity index (χ4v) is 5.56. The number of ether oxygens (including phenoxy) is 1. The minimum atomic E-state index is -3.83. The van der Waals surface area contributed by atoms with Crippen molar-refractivity contribution in [1.82, 2.24) is 0 Å². The molecule has 2 aliphatic carbocycles. The molecule has 0 N–H and O–H groups in total. The van der Waals surface area contributed by atoms with Crippen LogP contribution in [0, 0.1) is 22.2 Å². The van der Waals surface area contributed by atoms with Crippen molar-refractivity contribution in [3.63, 3.8) is 0 Å². The highest BCUT2D eigenvalue weighted by atomic mass is 32.2. The zero-order valence-electron chi connectivity index (χ0n) is 17.1. The van der Waals surface area contributed by atoms with Crippen LogP contribution in [0.4, 0.5) is 0 Å². The van der Waals surface area contributed by atoms with Gasteiger partial charge in [0.15, 0.2) is 15.8 Å². The molecule has 2 unspecified atom stereocenters. The van der Waals surface area contributed by atoms with E-state index in [0.717, 1.165) is 12.8 Å². The molecule has 0 saturated heterocycles. The Labute approximate surface area is 162 Å². The van der Waals surface area contributed by atoms with Gasteiger partial charge in [0.2, 0.25) is 0 Å². The Bertz CT molecular complexity index is 734. The van der Waals surface area contributed by atoms with Crippen molar-refractivity contribution >= 4 is 27.4 Å². The highest BCUT2D eigenvalue weighted by Gasteiger charge is 2.63. The van der Waals surface area contributed by atoms with Crippen LogP contribution in [0.5, 0.6) is 0 Å². The monoisotopic (exact) mass is 400 g/mol. The van der Waals surface area contributed by atoms with Crippen LogP contribution in [0.15, 0.2) is 0 Å². The van der Waals surface area contributed by atoms with Crippen LogP contribution < -0.4 is 0 Å². The standard InChI is InChI=1S/C20H32O6S/c1-6-18(2,3)17(23)26-13-27(24,25)12-15(21)8-10-20-9-7-14(11-16(20)22)19(20,4)5/h14H,6-13H2,1-5H3. The zero-order valence-corrected chi connectivity index (χ0v) is 17.9. The Morgan fingerprint density at radius 3 is 2.37 bits per heavy atom. The molecular weight excluding hydrogens is 368 g/mol. The van der Waals surface area contributed by atoms with Crippen LogP contribution in [0.2, 0.25) is 0 Å². The molecule has 0 heterocycles. The molecule has 0 aromatic heterocycles. The highest BCUT2D eigenvalue weighted by Crippen LogP contribution is 2.65. The molecule has 2 atom stereocenters. The molecule has 2 bridgehead atoms. The van der Waals surface area contributed by atoms with Gasteiger partial charge in [0.1, 0.15) is 17.3 Å². The summed E-state index contributed by atoms with van der Waals surface area (Å²) in [5.74, 6) is -1.86. The van der Waals surface area contributed by atoms with Gasteiger partial charge in [0.05, 0.1) is 5.41 Å². The molecule has 2 rings (SSSR count). The van der Waals surface area contributed by atoms with E-state index in [1.807, 2.05) is 6.92 Å². The van der Waals surface area contributed by atoms with Crippen molar-refractivity contribution in [3.8, 4) is 0 Å². The first kappa shape index (κ1) is 22.1. The minimum absolute atomic E-state index is 0.0650. The first-order valence-electron chi connectivity index (χ1n) is 9.70. The fraction of sp³-hybridized carbons (Fsp3) is 0.850. The molecular formula is C20H32O6S. The number of rotatable bonds is 9. The van der Waals surface area contributed by atoms with Gasteiger partial charge in [0.25, 0.3) is 0 Å². The number of fused-ring (bicyclic) bond motifs is 2. The first-order chi connectivity index (χ1) is 12.3. The van der Waals surface area contributed by atoms with E-state index in [1.165, 1.54) is 0 Å². The van der Waals surface area contributed by atoms with Gasteiger partial charge in [-0.2, -0.15) is 0 Å². The number of hydrogen-bond donors (Lipinski definition) is 0. The predicted octanol–water partition coefficient (Wildman–Crippen LogP) is 3.08. The van der Waals surface area contributed by atoms with Crippen LogP contribution in [0.1, 0.15) is 73.1 Å². The molecule has 0 radical (unpaired) electrons. The third-order valence-electron chi connectivity index (χ3n) is 7.16. The van der Waals surface area contributed by atoms with Gasteiger partial charge in [-0.1, -0.05) is 20.8 Å². The second-order valence-corrected chi connectivity index (χ2v) is 11.4. The van der Waals surface area contributed by atoms with Crippen molar-refractivity contribution in [1.29, 1.82) is 0 Å².